The number of carbonyl (C=O) groups is 1. The SMILES string of the molecule is COCCn1c(=NC(=O)/C=C/c2cccs2)sc2cc(F)ccc21. The van der Waals surface area contributed by atoms with Gasteiger partial charge in [-0.15, -0.1) is 11.3 Å². The summed E-state index contributed by atoms with van der Waals surface area (Å²) in [6.45, 7) is 1.03. The number of thiazole rings is 1. The Morgan fingerprint density at radius 1 is 1.42 bits per heavy atom. The fraction of sp³-hybridized carbons (Fsp3) is 0.176. The summed E-state index contributed by atoms with van der Waals surface area (Å²) in [5, 5.41) is 1.94. The first-order valence-corrected chi connectivity index (χ1v) is 8.95. The van der Waals surface area contributed by atoms with Gasteiger partial charge in [-0.25, -0.2) is 4.39 Å². The summed E-state index contributed by atoms with van der Waals surface area (Å²) < 4.78 is 21.2. The van der Waals surface area contributed by atoms with Crippen LogP contribution in [-0.4, -0.2) is 24.2 Å². The molecule has 2 aromatic heterocycles. The zero-order valence-corrected chi connectivity index (χ0v) is 14.6. The molecule has 0 unspecified atom stereocenters. The average molecular weight is 362 g/mol. The molecule has 0 spiro atoms. The zero-order valence-electron chi connectivity index (χ0n) is 12.9. The Hall–Kier alpha value is -2.09. The molecule has 0 N–H and O–H groups in total. The lowest BCUT2D eigenvalue weighted by Gasteiger charge is -2.03. The number of rotatable bonds is 5. The van der Waals surface area contributed by atoms with E-state index in [0.29, 0.717) is 18.0 Å². The number of hydrogen-bond donors (Lipinski definition) is 0. The lowest BCUT2D eigenvalue weighted by Crippen LogP contribution is -2.18. The van der Waals surface area contributed by atoms with Gasteiger partial charge >= 0.3 is 0 Å². The Bertz CT molecular complexity index is 939. The van der Waals surface area contributed by atoms with E-state index in [0.717, 1.165) is 15.1 Å². The third kappa shape index (κ3) is 3.87. The predicted octanol–water partition coefficient (Wildman–Crippen LogP) is 3.69. The molecular weight excluding hydrogens is 347 g/mol. The second-order valence-corrected chi connectivity index (χ2v) is 6.93. The fourth-order valence-corrected chi connectivity index (χ4v) is 3.91. The van der Waals surface area contributed by atoms with E-state index in [1.54, 1.807) is 30.6 Å². The predicted molar refractivity (Wildman–Crippen MR) is 95.6 cm³/mol. The molecule has 0 bridgehead atoms. The number of methoxy groups -OCH3 is 1. The van der Waals surface area contributed by atoms with Gasteiger partial charge in [0.1, 0.15) is 5.82 Å². The molecular formula is C17H15FN2O2S2. The van der Waals surface area contributed by atoms with Crippen molar-refractivity contribution < 1.29 is 13.9 Å². The maximum Gasteiger partial charge on any atom is 0.272 e. The van der Waals surface area contributed by atoms with Crippen LogP contribution in [0.5, 0.6) is 0 Å². The number of fused-ring (bicyclic) bond motifs is 1. The van der Waals surface area contributed by atoms with E-state index < -0.39 is 0 Å². The summed E-state index contributed by atoms with van der Waals surface area (Å²) >= 11 is 2.84. The molecule has 0 fully saturated rings. The van der Waals surface area contributed by atoms with E-state index in [1.165, 1.54) is 29.5 Å². The van der Waals surface area contributed by atoms with E-state index in [2.05, 4.69) is 4.99 Å². The van der Waals surface area contributed by atoms with Crippen LogP contribution < -0.4 is 4.80 Å². The van der Waals surface area contributed by atoms with Gasteiger partial charge in [0.2, 0.25) is 0 Å². The van der Waals surface area contributed by atoms with Crippen molar-refractivity contribution in [2.24, 2.45) is 4.99 Å². The fourth-order valence-electron chi connectivity index (χ4n) is 2.20. The molecule has 3 rings (SSSR count). The minimum absolute atomic E-state index is 0.307. The summed E-state index contributed by atoms with van der Waals surface area (Å²) in [6, 6.07) is 8.40. The first-order chi connectivity index (χ1) is 11.7. The van der Waals surface area contributed by atoms with Crippen molar-refractivity contribution in [1.82, 2.24) is 4.57 Å². The van der Waals surface area contributed by atoms with E-state index in [-0.39, 0.29) is 11.7 Å². The van der Waals surface area contributed by atoms with Gasteiger partial charge in [0, 0.05) is 24.6 Å². The molecule has 0 aliphatic carbocycles. The highest BCUT2D eigenvalue weighted by molar-refractivity contribution is 7.16. The highest BCUT2D eigenvalue weighted by Crippen LogP contribution is 2.18. The van der Waals surface area contributed by atoms with Crippen LogP contribution >= 0.6 is 22.7 Å². The number of thiophene rings is 1. The van der Waals surface area contributed by atoms with Crippen molar-refractivity contribution in [2.75, 3.05) is 13.7 Å². The highest BCUT2D eigenvalue weighted by Gasteiger charge is 2.08. The van der Waals surface area contributed by atoms with Crippen LogP contribution in [0.25, 0.3) is 16.3 Å². The van der Waals surface area contributed by atoms with Gasteiger partial charge in [-0.3, -0.25) is 4.79 Å². The lowest BCUT2D eigenvalue weighted by atomic mass is 10.3. The van der Waals surface area contributed by atoms with Crippen LogP contribution in [0, 0.1) is 5.82 Å². The maximum absolute atomic E-state index is 13.4. The molecule has 0 aliphatic rings. The Labute approximate surface area is 146 Å². The molecule has 1 amide bonds. The Morgan fingerprint density at radius 3 is 3.04 bits per heavy atom. The van der Waals surface area contributed by atoms with Gasteiger partial charge in [0.05, 0.1) is 16.8 Å². The van der Waals surface area contributed by atoms with Crippen LogP contribution in [-0.2, 0) is 16.1 Å². The number of hydrogen-bond acceptors (Lipinski definition) is 4. The molecule has 1 aromatic carbocycles. The summed E-state index contributed by atoms with van der Waals surface area (Å²) in [7, 11) is 1.61. The molecule has 0 aliphatic heterocycles. The Kier molecular flexibility index (Phi) is 5.34. The minimum Gasteiger partial charge on any atom is -0.383 e. The van der Waals surface area contributed by atoms with E-state index in [1.807, 2.05) is 22.1 Å². The first-order valence-electron chi connectivity index (χ1n) is 7.25. The van der Waals surface area contributed by atoms with E-state index in [9.17, 15) is 9.18 Å². The summed E-state index contributed by atoms with van der Waals surface area (Å²) in [5.74, 6) is -0.653. The third-order valence-corrected chi connectivity index (χ3v) is 5.18. The number of carbonyl (C=O) groups excluding carboxylic acids is 1. The molecule has 4 nitrogen and oxygen atoms in total. The van der Waals surface area contributed by atoms with Crippen molar-refractivity contribution in [1.29, 1.82) is 0 Å². The molecule has 3 aromatic rings. The quantitative estimate of drug-likeness (QED) is 0.650. The number of aromatic nitrogens is 1. The van der Waals surface area contributed by atoms with Gasteiger partial charge in [-0.05, 0) is 35.7 Å². The zero-order chi connectivity index (χ0) is 16.9. The van der Waals surface area contributed by atoms with Crippen LogP contribution in [0.15, 0.2) is 46.8 Å². The summed E-state index contributed by atoms with van der Waals surface area (Å²) in [6.07, 6.45) is 3.18. The topological polar surface area (TPSA) is 43.6 Å². The Balaban J connectivity index is 1.98. The summed E-state index contributed by atoms with van der Waals surface area (Å²) in [4.78, 5) is 17.8. The molecule has 0 saturated carbocycles. The maximum atomic E-state index is 13.4. The minimum atomic E-state index is -0.346. The van der Waals surface area contributed by atoms with Crippen molar-refractivity contribution in [2.45, 2.75) is 6.54 Å². The van der Waals surface area contributed by atoms with Crippen LogP contribution in [0.1, 0.15) is 4.88 Å². The normalized spacial score (nSPS) is 12.5. The van der Waals surface area contributed by atoms with Gasteiger partial charge in [0.15, 0.2) is 4.80 Å². The molecule has 7 heteroatoms. The van der Waals surface area contributed by atoms with Crippen molar-refractivity contribution in [3.05, 3.63) is 57.3 Å². The van der Waals surface area contributed by atoms with Crippen LogP contribution in [0.3, 0.4) is 0 Å². The van der Waals surface area contributed by atoms with Crippen molar-refractivity contribution in [3.8, 4) is 0 Å². The number of halogens is 1. The van der Waals surface area contributed by atoms with Gasteiger partial charge in [-0.2, -0.15) is 4.99 Å². The molecule has 0 radical (unpaired) electrons. The lowest BCUT2D eigenvalue weighted by molar-refractivity contribution is -0.113. The monoisotopic (exact) mass is 362 g/mol. The molecule has 2 heterocycles. The van der Waals surface area contributed by atoms with Crippen molar-refractivity contribution in [3.63, 3.8) is 0 Å². The van der Waals surface area contributed by atoms with E-state index in [4.69, 9.17) is 4.74 Å². The van der Waals surface area contributed by atoms with Gasteiger partial charge in [-0.1, -0.05) is 17.4 Å². The largest absolute Gasteiger partial charge is 0.383 e. The number of ether oxygens (including phenoxy) is 1. The second kappa shape index (κ2) is 7.65. The smallest absolute Gasteiger partial charge is 0.272 e. The van der Waals surface area contributed by atoms with Crippen molar-refractivity contribution >= 4 is 44.9 Å². The third-order valence-electron chi connectivity index (χ3n) is 3.30. The highest BCUT2D eigenvalue weighted by atomic mass is 32.1. The molecule has 0 saturated heterocycles. The summed E-state index contributed by atoms with van der Waals surface area (Å²) in [5.41, 5.74) is 0.840. The second-order valence-electron chi connectivity index (χ2n) is 4.94. The molecule has 0 atom stereocenters. The molecule has 24 heavy (non-hydrogen) atoms. The van der Waals surface area contributed by atoms with Gasteiger partial charge in [0.25, 0.3) is 5.91 Å². The Morgan fingerprint density at radius 2 is 2.29 bits per heavy atom. The number of benzene rings is 1. The average Bonchev–Trinajstić information content (AvgIpc) is 3.18. The van der Waals surface area contributed by atoms with E-state index >= 15 is 0 Å². The van der Waals surface area contributed by atoms with Crippen LogP contribution in [0.4, 0.5) is 4.39 Å². The first kappa shape index (κ1) is 16.8. The number of nitrogens with zero attached hydrogens (tertiary/aromatic N) is 2. The number of amides is 1. The van der Waals surface area contributed by atoms with Crippen LogP contribution in [0.2, 0.25) is 0 Å². The standard InChI is InChI=1S/C17H15FN2O2S2/c1-22-9-8-20-14-6-4-12(18)11-15(14)24-17(20)19-16(21)7-5-13-3-2-10-23-13/h2-7,10-11H,8-9H2,1H3/b7-5+,19-17?. The van der Waals surface area contributed by atoms with Gasteiger partial charge < -0.3 is 9.30 Å². The molecule has 124 valence electrons.